The van der Waals surface area contributed by atoms with Gasteiger partial charge < -0.3 is 11.1 Å². The first kappa shape index (κ1) is 13.4. The van der Waals surface area contributed by atoms with Gasteiger partial charge in [-0.25, -0.2) is 0 Å². The van der Waals surface area contributed by atoms with Crippen LogP contribution in [0.5, 0.6) is 0 Å². The number of carbonyl (C=O) groups is 1. The monoisotopic (exact) mass is 264 g/mol. The van der Waals surface area contributed by atoms with Gasteiger partial charge in [-0.2, -0.15) is 0 Å². The standard InChI is InChI=1S/C16H28N2O/c1-10-3-2-4-14(17)15(10)16(19)18-9-13-8-11-5-6-12(13)7-11/h10-15H,2-9,17H2,1H3,(H,18,19). The molecule has 3 saturated carbocycles. The molecule has 1 amide bonds. The van der Waals surface area contributed by atoms with Crippen molar-refractivity contribution in [2.75, 3.05) is 6.54 Å². The van der Waals surface area contributed by atoms with Crippen LogP contribution < -0.4 is 11.1 Å². The molecule has 0 aromatic rings. The number of carbonyl (C=O) groups excluding carboxylic acids is 1. The van der Waals surface area contributed by atoms with E-state index in [0.29, 0.717) is 5.92 Å². The predicted molar refractivity (Wildman–Crippen MR) is 76.4 cm³/mol. The number of hydrogen-bond donors (Lipinski definition) is 2. The fourth-order valence-electron chi connectivity index (χ4n) is 4.89. The van der Waals surface area contributed by atoms with E-state index >= 15 is 0 Å². The molecule has 3 nitrogen and oxygen atoms in total. The summed E-state index contributed by atoms with van der Waals surface area (Å²) in [6.45, 7) is 3.08. The van der Waals surface area contributed by atoms with Gasteiger partial charge in [-0.15, -0.1) is 0 Å². The molecule has 0 saturated heterocycles. The number of fused-ring (bicyclic) bond motifs is 2. The van der Waals surface area contributed by atoms with Gasteiger partial charge in [0.05, 0.1) is 5.92 Å². The minimum Gasteiger partial charge on any atom is -0.356 e. The van der Waals surface area contributed by atoms with Crippen LogP contribution in [0.2, 0.25) is 0 Å². The van der Waals surface area contributed by atoms with Gasteiger partial charge in [0.15, 0.2) is 0 Å². The first-order valence-electron chi connectivity index (χ1n) is 8.18. The normalized spacial score (nSPS) is 45.4. The van der Waals surface area contributed by atoms with E-state index in [9.17, 15) is 4.79 Å². The highest BCUT2D eigenvalue weighted by Gasteiger charge is 2.40. The summed E-state index contributed by atoms with van der Waals surface area (Å²) < 4.78 is 0. The third-order valence-corrected chi connectivity index (χ3v) is 6.00. The number of hydrogen-bond acceptors (Lipinski definition) is 2. The average molecular weight is 264 g/mol. The minimum atomic E-state index is 0.0485. The van der Waals surface area contributed by atoms with Crippen LogP contribution in [0.1, 0.15) is 51.9 Å². The van der Waals surface area contributed by atoms with Crippen molar-refractivity contribution in [3.8, 4) is 0 Å². The van der Waals surface area contributed by atoms with Crippen molar-refractivity contribution in [2.45, 2.75) is 57.9 Å². The molecular formula is C16H28N2O. The quantitative estimate of drug-likeness (QED) is 0.822. The molecular weight excluding hydrogens is 236 g/mol. The molecule has 3 rings (SSSR count). The largest absolute Gasteiger partial charge is 0.356 e. The van der Waals surface area contributed by atoms with Gasteiger partial charge >= 0.3 is 0 Å². The lowest BCUT2D eigenvalue weighted by Gasteiger charge is -2.33. The van der Waals surface area contributed by atoms with Gasteiger partial charge in [0.2, 0.25) is 5.91 Å². The Balaban J connectivity index is 1.50. The second-order valence-electron chi connectivity index (χ2n) is 7.28. The summed E-state index contributed by atoms with van der Waals surface area (Å²) in [5.41, 5.74) is 6.15. The Morgan fingerprint density at radius 3 is 2.68 bits per heavy atom. The first-order valence-corrected chi connectivity index (χ1v) is 8.18. The fourth-order valence-corrected chi connectivity index (χ4v) is 4.89. The summed E-state index contributed by atoms with van der Waals surface area (Å²) in [6, 6.07) is 0.0729. The van der Waals surface area contributed by atoms with Crippen LogP contribution in [0.4, 0.5) is 0 Å². The molecule has 6 unspecified atom stereocenters. The van der Waals surface area contributed by atoms with E-state index in [2.05, 4.69) is 12.2 Å². The Morgan fingerprint density at radius 1 is 1.21 bits per heavy atom. The summed E-state index contributed by atoms with van der Waals surface area (Å²) in [5.74, 6) is 3.32. The molecule has 3 aliphatic carbocycles. The van der Waals surface area contributed by atoms with Crippen LogP contribution in [-0.2, 0) is 4.79 Å². The van der Waals surface area contributed by atoms with Crippen LogP contribution in [0, 0.1) is 29.6 Å². The molecule has 0 heterocycles. The maximum atomic E-state index is 12.4. The van der Waals surface area contributed by atoms with Crippen LogP contribution in [0.15, 0.2) is 0 Å². The highest BCUT2D eigenvalue weighted by molar-refractivity contribution is 5.79. The molecule has 0 aromatic heterocycles. The Labute approximate surface area is 116 Å². The molecule has 3 heteroatoms. The predicted octanol–water partition coefficient (Wildman–Crippen LogP) is 2.30. The molecule has 6 atom stereocenters. The molecule has 0 aliphatic heterocycles. The molecule has 0 aromatic carbocycles. The van der Waals surface area contributed by atoms with Gasteiger partial charge in [0.1, 0.15) is 0 Å². The number of nitrogens with two attached hydrogens (primary N) is 1. The molecule has 19 heavy (non-hydrogen) atoms. The highest BCUT2D eigenvalue weighted by Crippen LogP contribution is 2.48. The Hall–Kier alpha value is -0.570. The van der Waals surface area contributed by atoms with Crippen molar-refractivity contribution < 1.29 is 4.79 Å². The van der Waals surface area contributed by atoms with E-state index in [0.717, 1.165) is 37.1 Å². The van der Waals surface area contributed by atoms with Crippen LogP contribution in [-0.4, -0.2) is 18.5 Å². The fraction of sp³-hybridized carbons (Fsp3) is 0.938. The van der Waals surface area contributed by atoms with Gasteiger partial charge in [0, 0.05) is 12.6 Å². The van der Waals surface area contributed by atoms with Crippen LogP contribution in [0.25, 0.3) is 0 Å². The summed E-state index contributed by atoms with van der Waals surface area (Å²) in [4.78, 5) is 12.4. The molecule has 108 valence electrons. The first-order chi connectivity index (χ1) is 9.15. The third kappa shape index (κ3) is 2.67. The molecule has 0 spiro atoms. The molecule has 2 bridgehead atoms. The second kappa shape index (κ2) is 5.43. The third-order valence-electron chi connectivity index (χ3n) is 6.00. The van der Waals surface area contributed by atoms with Crippen LogP contribution >= 0.6 is 0 Å². The van der Waals surface area contributed by atoms with Crippen molar-refractivity contribution in [2.24, 2.45) is 35.3 Å². The van der Waals surface area contributed by atoms with Crippen molar-refractivity contribution in [3.63, 3.8) is 0 Å². The maximum absolute atomic E-state index is 12.4. The number of nitrogens with one attached hydrogen (secondary N) is 1. The lowest BCUT2D eigenvalue weighted by atomic mass is 9.76. The minimum absolute atomic E-state index is 0.0485. The average Bonchev–Trinajstić information content (AvgIpc) is 2.98. The highest BCUT2D eigenvalue weighted by atomic mass is 16.1. The Bertz CT molecular complexity index is 334. The van der Waals surface area contributed by atoms with E-state index in [1.54, 1.807) is 0 Å². The zero-order valence-corrected chi connectivity index (χ0v) is 12.1. The number of amides is 1. The summed E-state index contributed by atoms with van der Waals surface area (Å²) >= 11 is 0. The second-order valence-corrected chi connectivity index (χ2v) is 7.28. The van der Waals surface area contributed by atoms with Gasteiger partial charge in [0.25, 0.3) is 0 Å². The molecule has 3 fully saturated rings. The molecule has 3 N–H and O–H groups in total. The van der Waals surface area contributed by atoms with Crippen molar-refractivity contribution in [3.05, 3.63) is 0 Å². The Kier molecular flexibility index (Phi) is 3.84. The Morgan fingerprint density at radius 2 is 2.05 bits per heavy atom. The van der Waals surface area contributed by atoms with Gasteiger partial charge in [-0.1, -0.05) is 19.8 Å². The van der Waals surface area contributed by atoms with Gasteiger partial charge in [-0.3, -0.25) is 4.79 Å². The van der Waals surface area contributed by atoms with Crippen LogP contribution in [0.3, 0.4) is 0 Å². The zero-order chi connectivity index (χ0) is 13.4. The lowest BCUT2D eigenvalue weighted by Crippen LogP contribution is -2.48. The van der Waals surface area contributed by atoms with E-state index in [1.807, 2.05) is 0 Å². The van der Waals surface area contributed by atoms with E-state index in [4.69, 9.17) is 5.73 Å². The summed E-state index contributed by atoms with van der Waals surface area (Å²) in [5, 5.41) is 3.22. The smallest absolute Gasteiger partial charge is 0.224 e. The van der Waals surface area contributed by atoms with Crippen molar-refractivity contribution in [1.29, 1.82) is 0 Å². The van der Waals surface area contributed by atoms with E-state index < -0.39 is 0 Å². The molecule has 0 radical (unpaired) electrons. The van der Waals surface area contributed by atoms with E-state index in [-0.39, 0.29) is 17.9 Å². The zero-order valence-electron chi connectivity index (χ0n) is 12.1. The van der Waals surface area contributed by atoms with Gasteiger partial charge in [-0.05, 0) is 55.8 Å². The maximum Gasteiger partial charge on any atom is 0.224 e. The van der Waals surface area contributed by atoms with E-state index in [1.165, 1.54) is 32.1 Å². The summed E-state index contributed by atoms with van der Waals surface area (Å²) in [6.07, 6.45) is 8.93. The van der Waals surface area contributed by atoms with Crippen molar-refractivity contribution in [1.82, 2.24) is 5.32 Å². The SMILES string of the molecule is CC1CCCC(N)C1C(=O)NCC1CC2CCC1C2. The topological polar surface area (TPSA) is 55.1 Å². The lowest BCUT2D eigenvalue weighted by molar-refractivity contribution is -0.128. The van der Waals surface area contributed by atoms with Crippen molar-refractivity contribution >= 4 is 5.91 Å². The molecule has 3 aliphatic rings. The summed E-state index contributed by atoms with van der Waals surface area (Å²) in [7, 11) is 0. The number of rotatable bonds is 3.